The molecule has 0 atom stereocenters. The summed E-state index contributed by atoms with van der Waals surface area (Å²) in [6.07, 6.45) is 2.88. The molecule has 2 aromatic carbocycles. The number of rotatable bonds is 5. The molecule has 0 amide bonds. The molecule has 0 radical (unpaired) electrons. The van der Waals surface area contributed by atoms with Crippen LogP contribution in [0.1, 0.15) is 23.2 Å². The van der Waals surface area contributed by atoms with Crippen molar-refractivity contribution in [2.24, 2.45) is 0 Å². The van der Waals surface area contributed by atoms with Crippen LogP contribution in [-0.2, 0) is 12.8 Å². The Kier molecular flexibility index (Phi) is 4.46. The quantitative estimate of drug-likeness (QED) is 0.505. The minimum Gasteiger partial charge on any atom is -0.382 e. The summed E-state index contributed by atoms with van der Waals surface area (Å²) in [7, 11) is 0. The molecule has 0 aliphatic heterocycles. The Hall–Kier alpha value is -3.41. The van der Waals surface area contributed by atoms with Gasteiger partial charge in [0.25, 0.3) is 0 Å². The molecule has 0 bridgehead atoms. The molecule has 5 N–H and O–H groups in total. The van der Waals surface area contributed by atoms with Crippen LogP contribution < -0.4 is 11.5 Å². The van der Waals surface area contributed by atoms with Gasteiger partial charge >= 0.3 is 0 Å². The zero-order valence-electron chi connectivity index (χ0n) is 15.2. The standard InChI is InChI=1S/C21H22N6/c1-13-5-2-3-6-14(13)7-4-8-16-12-18(25-21(23)24-16)15-9-10-17-19(11-15)26-27-20(17)22/h2-3,5-6,9-12H,4,7-8H2,1H3,(H3,22,26,27)(H2,23,24,25). The number of nitrogen functional groups attached to an aromatic ring is 2. The van der Waals surface area contributed by atoms with Gasteiger partial charge in [-0.15, -0.1) is 0 Å². The van der Waals surface area contributed by atoms with Crippen LogP contribution in [0.5, 0.6) is 0 Å². The maximum atomic E-state index is 5.96. The van der Waals surface area contributed by atoms with E-state index in [-0.39, 0.29) is 0 Å². The Morgan fingerprint density at radius 1 is 0.963 bits per heavy atom. The second kappa shape index (κ2) is 7.07. The predicted octanol–water partition coefficient (Wildman–Crippen LogP) is 3.67. The Bertz CT molecular complexity index is 1100. The molecular formula is C21H22N6. The zero-order chi connectivity index (χ0) is 18.8. The van der Waals surface area contributed by atoms with Gasteiger partial charge in [0.1, 0.15) is 0 Å². The molecular weight excluding hydrogens is 336 g/mol. The highest BCUT2D eigenvalue weighted by atomic mass is 15.1. The van der Waals surface area contributed by atoms with Crippen LogP contribution in [0.3, 0.4) is 0 Å². The monoisotopic (exact) mass is 358 g/mol. The predicted molar refractivity (Wildman–Crippen MR) is 109 cm³/mol. The lowest BCUT2D eigenvalue weighted by Crippen LogP contribution is -2.02. The Morgan fingerprint density at radius 2 is 1.81 bits per heavy atom. The van der Waals surface area contributed by atoms with E-state index in [2.05, 4.69) is 51.4 Å². The summed E-state index contributed by atoms with van der Waals surface area (Å²) >= 11 is 0. The third-order valence-corrected chi connectivity index (χ3v) is 4.82. The SMILES string of the molecule is Cc1ccccc1CCCc1cc(-c2ccc3c(N)n[nH]c3c2)nc(N)n1. The number of hydrogen-bond donors (Lipinski definition) is 3. The number of nitrogens with two attached hydrogens (primary N) is 2. The second-order valence-electron chi connectivity index (χ2n) is 6.75. The van der Waals surface area contributed by atoms with Crippen molar-refractivity contribution in [3.63, 3.8) is 0 Å². The molecule has 136 valence electrons. The summed E-state index contributed by atoms with van der Waals surface area (Å²) in [5, 5.41) is 7.87. The largest absolute Gasteiger partial charge is 0.382 e. The number of hydrogen-bond acceptors (Lipinski definition) is 5. The Balaban J connectivity index is 1.54. The topological polar surface area (TPSA) is 106 Å². The molecule has 0 saturated heterocycles. The highest BCUT2D eigenvalue weighted by Crippen LogP contribution is 2.25. The molecule has 6 nitrogen and oxygen atoms in total. The molecule has 2 heterocycles. The molecule has 0 saturated carbocycles. The fraction of sp³-hybridized carbons (Fsp3) is 0.190. The van der Waals surface area contributed by atoms with Crippen molar-refractivity contribution in [3.05, 3.63) is 65.4 Å². The van der Waals surface area contributed by atoms with Crippen molar-refractivity contribution in [1.82, 2.24) is 20.2 Å². The summed E-state index contributed by atoms with van der Waals surface area (Å²) in [6.45, 7) is 2.15. The normalized spacial score (nSPS) is 11.1. The average molecular weight is 358 g/mol. The van der Waals surface area contributed by atoms with Crippen molar-refractivity contribution in [2.45, 2.75) is 26.2 Å². The number of aromatic nitrogens is 4. The number of nitrogens with zero attached hydrogens (tertiary/aromatic N) is 3. The van der Waals surface area contributed by atoms with Crippen molar-refractivity contribution in [3.8, 4) is 11.3 Å². The molecule has 0 fully saturated rings. The minimum atomic E-state index is 0.294. The lowest BCUT2D eigenvalue weighted by Gasteiger charge is -2.08. The first-order chi connectivity index (χ1) is 13.1. The van der Waals surface area contributed by atoms with E-state index in [1.165, 1.54) is 11.1 Å². The smallest absolute Gasteiger partial charge is 0.220 e. The molecule has 0 aliphatic rings. The van der Waals surface area contributed by atoms with Crippen LogP contribution in [0.2, 0.25) is 0 Å². The summed E-state index contributed by atoms with van der Waals surface area (Å²) in [5.41, 5.74) is 18.1. The molecule has 2 aromatic heterocycles. The molecule has 4 rings (SSSR count). The van der Waals surface area contributed by atoms with E-state index < -0.39 is 0 Å². The fourth-order valence-corrected chi connectivity index (χ4v) is 3.34. The van der Waals surface area contributed by atoms with Crippen LogP contribution in [0.25, 0.3) is 22.2 Å². The minimum absolute atomic E-state index is 0.294. The van der Waals surface area contributed by atoms with Crippen molar-refractivity contribution >= 4 is 22.7 Å². The summed E-state index contributed by atoms with van der Waals surface area (Å²) < 4.78 is 0. The van der Waals surface area contributed by atoms with Crippen LogP contribution >= 0.6 is 0 Å². The molecule has 0 spiro atoms. The van der Waals surface area contributed by atoms with Gasteiger partial charge in [0, 0.05) is 16.6 Å². The van der Waals surface area contributed by atoms with E-state index in [1.54, 1.807) is 0 Å². The Morgan fingerprint density at radius 3 is 2.67 bits per heavy atom. The van der Waals surface area contributed by atoms with Gasteiger partial charge in [0.2, 0.25) is 5.95 Å². The first-order valence-electron chi connectivity index (χ1n) is 9.02. The van der Waals surface area contributed by atoms with Gasteiger partial charge in [-0.05, 0) is 55.5 Å². The number of benzene rings is 2. The van der Waals surface area contributed by atoms with E-state index in [1.807, 2.05) is 24.3 Å². The van der Waals surface area contributed by atoms with E-state index in [4.69, 9.17) is 11.5 Å². The highest BCUT2D eigenvalue weighted by Gasteiger charge is 2.09. The van der Waals surface area contributed by atoms with Gasteiger partial charge in [0.15, 0.2) is 5.82 Å². The third kappa shape index (κ3) is 3.60. The molecule has 0 unspecified atom stereocenters. The van der Waals surface area contributed by atoms with Crippen LogP contribution in [-0.4, -0.2) is 20.2 Å². The second-order valence-corrected chi connectivity index (χ2v) is 6.75. The summed E-state index contributed by atoms with van der Waals surface area (Å²) in [5.74, 6) is 0.790. The van der Waals surface area contributed by atoms with Crippen molar-refractivity contribution in [2.75, 3.05) is 11.5 Å². The average Bonchev–Trinajstić information content (AvgIpc) is 3.03. The molecule has 6 heteroatoms. The van der Waals surface area contributed by atoms with Crippen LogP contribution in [0.15, 0.2) is 48.5 Å². The lowest BCUT2D eigenvalue weighted by molar-refractivity contribution is 0.794. The van der Waals surface area contributed by atoms with Gasteiger partial charge in [0.05, 0.1) is 11.2 Å². The third-order valence-electron chi connectivity index (χ3n) is 4.82. The van der Waals surface area contributed by atoms with Gasteiger partial charge in [-0.25, -0.2) is 9.97 Å². The first kappa shape index (κ1) is 17.0. The molecule has 4 aromatic rings. The molecule has 27 heavy (non-hydrogen) atoms. The van der Waals surface area contributed by atoms with Gasteiger partial charge in [-0.1, -0.05) is 30.3 Å². The van der Waals surface area contributed by atoms with E-state index in [0.29, 0.717) is 11.8 Å². The van der Waals surface area contributed by atoms with Crippen molar-refractivity contribution in [1.29, 1.82) is 0 Å². The van der Waals surface area contributed by atoms with Crippen LogP contribution in [0, 0.1) is 6.92 Å². The number of nitrogens with one attached hydrogen (secondary N) is 1. The summed E-state index contributed by atoms with van der Waals surface area (Å²) in [6, 6.07) is 16.4. The number of aromatic amines is 1. The van der Waals surface area contributed by atoms with Gasteiger partial charge < -0.3 is 11.5 Å². The summed E-state index contributed by atoms with van der Waals surface area (Å²) in [4.78, 5) is 8.81. The lowest BCUT2D eigenvalue weighted by atomic mass is 10.0. The Labute approximate surface area is 157 Å². The van der Waals surface area contributed by atoms with Crippen LogP contribution in [0.4, 0.5) is 11.8 Å². The number of H-pyrrole nitrogens is 1. The highest BCUT2D eigenvalue weighted by molar-refractivity contribution is 5.91. The van der Waals surface area contributed by atoms with Crippen molar-refractivity contribution < 1.29 is 0 Å². The molecule has 0 aliphatic carbocycles. The number of anilines is 2. The maximum absolute atomic E-state index is 5.96. The van der Waals surface area contributed by atoms with E-state index >= 15 is 0 Å². The number of fused-ring (bicyclic) bond motifs is 1. The van der Waals surface area contributed by atoms with E-state index in [9.17, 15) is 0 Å². The van der Waals surface area contributed by atoms with Gasteiger partial charge in [-0.2, -0.15) is 5.10 Å². The number of aryl methyl sites for hydroxylation is 3. The zero-order valence-corrected chi connectivity index (χ0v) is 15.2. The first-order valence-corrected chi connectivity index (χ1v) is 9.02. The maximum Gasteiger partial charge on any atom is 0.220 e. The van der Waals surface area contributed by atoms with E-state index in [0.717, 1.165) is 47.1 Å². The van der Waals surface area contributed by atoms with Gasteiger partial charge in [-0.3, -0.25) is 5.10 Å². The fourth-order valence-electron chi connectivity index (χ4n) is 3.34.